The fourth-order valence-electron chi connectivity index (χ4n) is 5.61. The van der Waals surface area contributed by atoms with E-state index in [9.17, 15) is 18.0 Å². The van der Waals surface area contributed by atoms with Crippen molar-refractivity contribution in [1.82, 2.24) is 10.2 Å². The van der Waals surface area contributed by atoms with Crippen LogP contribution in [0.2, 0.25) is 0 Å². The number of carboxylic acid groups (broad SMARTS) is 1. The van der Waals surface area contributed by atoms with Gasteiger partial charge in [0.05, 0.1) is 14.2 Å². The number of likely N-dealkylation sites (N-methyl/N-ethyl adjacent to an activating group) is 1. The number of aliphatic carboxylic acids is 1. The van der Waals surface area contributed by atoms with Gasteiger partial charge in [-0.3, -0.25) is 0 Å². The van der Waals surface area contributed by atoms with Gasteiger partial charge in [-0.2, -0.15) is 13.2 Å². The number of ether oxygens (including phenoxy) is 2. The van der Waals surface area contributed by atoms with Crippen molar-refractivity contribution in [2.75, 3.05) is 33.1 Å². The standard InChI is InChI=1S/C26H35N3O3.C2HF3O2/c1-17-6-7-18(2)21(14-17)28-25(30)27-20-10-11-26(12-13-29(3)24(26)16-20)19-8-9-22(31-4)23(15-19)32-5;3-2(4,5)1(6)7/h6-9,14-15,20,24H,10-13,16H2,1-5H3,(H2,27,28,30);(H,6,7)/t20-,24+,26+;/m1./s1. The lowest BCUT2D eigenvalue weighted by Gasteiger charge is -2.45. The van der Waals surface area contributed by atoms with E-state index >= 15 is 0 Å². The molecule has 3 atom stereocenters. The van der Waals surface area contributed by atoms with E-state index in [0.717, 1.165) is 60.5 Å². The Hall–Kier alpha value is -3.47. The maximum atomic E-state index is 12.8. The lowest BCUT2D eigenvalue weighted by molar-refractivity contribution is -0.192. The zero-order valence-electron chi connectivity index (χ0n) is 22.8. The largest absolute Gasteiger partial charge is 0.493 e. The van der Waals surface area contributed by atoms with Crippen molar-refractivity contribution in [2.24, 2.45) is 0 Å². The van der Waals surface area contributed by atoms with Gasteiger partial charge in [0.15, 0.2) is 11.5 Å². The number of likely N-dealkylation sites (tertiary alicyclic amines) is 1. The zero-order chi connectivity index (χ0) is 29.0. The highest BCUT2D eigenvalue weighted by Crippen LogP contribution is 2.49. The number of anilines is 1. The van der Waals surface area contributed by atoms with Gasteiger partial charge in [-0.1, -0.05) is 18.2 Å². The molecule has 0 spiro atoms. The Labute approximate surface area is 226 Å². The minimum atomic E-state index is -5.08. The van der Waals surface area contributed by atoms with Crippen LogP contribution >= 0.6 is 0 Å². The third-order valence-electron chi connectivity index (χ3n) is 7.70. The van der Waals surface area contributed by atoms with Crippen LogP contribution in [0.25, 0.3) is 0 Å². The zero-order valence-corrected chi connectivity index (χ0v) is 22.8. The molecule has 1 aliphatic heterocycles. The molecule has 2 aliphatic rings. The molecule has 0 bridgehead atoms. The molecule has 0 aromatic heterocycles. The van der Waals surface area contributed by atoms with Crippen molar-refractivity contribution >= 4 is 17.7 Å². The Morgan fingerprint density at radius 1 is 1.05 bits per heavy atom. The number of alkyl halides is 3. The summed E-state index contributed by atoms with van der Waals surface area (Å²) >= 11 is 0. The van der Waals surface area contributed by atoms with Gasteiger partial charge in [-0.15, -0.1) is 0 Å². The number of urea groups is 1. The van der Waals surface area contributed by atoms with Gasteiger partial charge in [0.1, 0.15) is 0 Å². The first-order valence-corrected chi connectivity index (χ1v) is 12.7. The topological polar surface area (TPSA) is 100 Å². The van der Waals surface area contributed by atoms with E-state index in [1.165, 1.54) is 5.56 Å². The number of nitrogens with zero attached hydrogens (tertiary/aromatic N) is 1. The van der Waals surface area contributed by atoms with Crippen molar-refractivity contribution in [3.8, 4) is 11.5 Å². The summed E-state index contributed by atoms with van der Waals surface area (Å²) in [5.74, 6) is -1.22. The second-order valence-corrected chi connectivity index (χ2v) is 10.2. The molecule has 1 heterocycles. The molecule has 3 N–H and O–H groups in total. The second-order valence-electron chi connectivity index (χ2n) is 10.2. The van der Waals surface area contributed by atoms with Crippen LogP contribution in [0.15, 0.2) is 36.4 Å². The number of benzene rings is 2. The molecular formula is C28H36F3N3O5. The quantitative estimate of drug-likeness (QED) is 0.468. The maximum Gasteiger partial charge on any atom is 0.490 e. The molecule has 1 saturated heterocycles. The fourth-order valence-corrected chi connectivity index (χ4v) is 5.61. The normalized spacial score (nSPS) is 22.7. The predicted octanol–water partition coefficient (Wildman–Crippen LogP) is 5.27. The van der Waals surface area contributed by atoms with Gasteiger partial charge in [-0.05, 0) is 88.0 Å². The van der Waals surface area contributed by atoms with Gasteiger partial charge in [0.25, 0.3) is 0 Å². The van der Waals surface area contributed by atoms with Crippen LogP contribution in [0, 0.1) is 13.8 Å². The average molecular weight is 552 g/mol. The summed E-state index contributed by atoms with van der Waals surface area (Å²) in [6, 6.07) is 12.9. The Bertz CT molecular complexity index is 1190. The monoisotopic (exact) mass is 551 g/mol. The van der Waals surface area contributed by atoms with Gasteiger partial charge in [0.2, 0.25) is 0 Å². The number of fused-ring (bicyclic) bond motifs is 1. The number of nitrogens with one attached hydrogen (secondary N) is 2. The number of methoxy groups -OCH3 is 2. The van der Waals surface area contributed by atoms with Crippen LogP contribution in [0.4, 0.5) is 23.7 Å². The fraction of sp³-hybridized carbons (Fsp3) is 0.500. The molecule has 1 saturated carbocycles. The first kappa shape index (κ1) is 30.1. The highest BCUT2D eigenvalue weighted by Gasteiger charge is 2.50. The summed E-state index contributed by atoms with van der Waals surface area (Å²) in [6.45, 7) is 5.11. The first-order chi connectivity index (χ1) is 18.3. The first-order valence-electron chi connectivity index (χ1n) is 12.7. The van der Waals surface area contributed by atoms with Gasteiger partial charge >= 0.3 is 18.2 Å². The summed E-state index contributed by atoms with van der Waals surface area (Å²) in [4.78, 5) is 24.1. The summed E-state index contributed by atoms with van der Waals surface area (Å²) in [5, 5.41) is 13.4. The van der Waals surface area contributed by atoms with E-state index in [1.54, 1.807) is 14.2 Å². The molecule has 0 unspecified atom stereocenters. The molecule has 214 valence electrons. The molecule has 0 radical (unpaired) electrons. The number of carbonyl (C=O) groups is 2. The number of aryl methyl sites for hydroxylation is 2. The van der Waals surface area contributed by atoms with Gasteiger partial charge in [0, 0.05) is 23.2 Å². The van der Waals surface area contributed by atoms with E-state index in [2.05, 4.69) is 40.8 Å². The summed E-state index contributed by atoms with van der Waals surface area (Å²) in [6.07, 6.45) is -1.04. The van der Waals surface area contributed by atoms with Crippen LogP contribution < -0.4 is 20.1 Å². The van der Waals surface area contributed by atoms with Gasteiger partial charge < -0.3 is 30.1 Å². The van der Waals surface area contributed by atoms with Crippen molar-refractivity contribution in [3.05, 3.63) is 53.1 Å². The molecular weight excluding hydrogens is 515 g/mol. The molecule has 2 fully saturated rings. The van der Waals surface area contributed by atoms with Crippen LogP contribution in [0.3, 0.4) is 0 Å². The maximum absolute atomic E-state index is 12.8. The number of hydrogen-bond acceptors (Lipinski definition) is 5. The summed E-state index contributed by atoms with van der Waals surface area (Å²) < 4.78 is 42.8. The van der Waals surface area contributed by atoms with Crippen molar-refractivity contribution in [2.45, 2.75) is 63.2 Å². The minimum Gasteiger partial charge on any atom is -0.493 e. The Morgan fingerprint density at radius 2 is 1.72 bits per heavy atom. The minimum absolute atomic E-state index is 0.0795. The highest BCUT2D eigenvalue weighted by molar-refractivity contribution is 5.90. The molecule has 11 heteroatoms. The summed E-state index contributed by atoms with van der Waals surface area (Å²) in [5.41, 5.74) is 4.46. The van der Waals surface area contributed by atoms with E-state index < -0.39 is 12.1 Å². The van der Waals surface area contributed by atoms with E-state index in [-0.39, 0.29) is 17.5 Å². The third kappa shape index (κ3) is 6.95. The average Bonchev–Trinajstić information content (AvgIpc) is 3.22. The number of hydrogen-bond donors (Lipinski definition) is 3. The van der Waals surface area contributed by atoms with Crippen LogP contribution in [-0.4, -0.2) is 68.1 Å². The van der Waals surface area contributed by atoms with Crippen LogP contribution in [-0.2, 0) is 10.2 Å². The molecule has 39 heavy (non-hydrogen) atoms. The molecule has 1 aliphatic carbocycles. The third-order valence-corrected chi connectivity index (χ3v) is 7.70. The number of halogens is 3. The molecule has 8 nitrogen and oxygen atoms in total. The molecule has 4 rings (SSSR count). The molecule has 2 aromatic rings. The lowest BCUT2D eigenvalue weighted by Crippen LogP contribution is -2.52. The highest BCUT2D eigenvalue weighted by atomic mass is 19.4. The number of carboxylic acids is 1. The summed E-state index contributed by atoms with van der Waals surface area (Å²) in [7, 11) is 5.56. The number of amides is 2. The van der Waals surface area contributed by atoms with Crippen molar-refractivity contribution in [1.29, 1.82) is 0 Å². The van der Waals surface area contributed by atoms with Crippen LogP contribution in [0.5, 0.6) is 11.5 Å². The van der Waals surface area contributed by atoms with E-state index in [0.29, 0.717) is 6.04 Å². The molecule has 2 aromatic carbocycles. The van der Waals surface area contributed by atoms with Crippen LogP contribution in [0.1, 0.15) is 42.4 Å². The Balaban J connectivity index is 0.000000532. The predicted molar refractivity (Wildman–Crippen MR) is 142 cm³/mol. The van der Waals surface area contributed by atoms with E-state index in [1.807, 2.05) is 32.0 Å². The molecule has 2 amide bonds. The van der Waals surface area contributed by atoms with Gasteiger partial charge in [-0.25, -0.2) is 9.59 Å². The smallest absolute Gasteiger partial charge is 0.490 e. The number of carbonyl (C=O) groups excluding carboxylic acids is 1. The second kappa shape index (κ2) is 12.1. The number of rotatable bonds is 5. The Morgan fingerprint density at radius 3 is 2.33 bits per heavy atom. The van der Waals surface area contributed by atoms with E-state index in [4.69, 9.17) is 19.4 Å². The van der Waals surface area contributed by atoms with Crippen molar-refractivity contribution in [3.63, 3.8) is 0 Å². The lowest BCUT2D eigenvalue weighted by atomic mass is 9.65. The Kier molecular flexibility index (Phi) is 9.37. The SMILES string of the molecule is COc1ccc([C@@]23CC[C@@H](NC(=O)Nc4cc(C)ccc4C)C[C@@H]2N(C)CC3)cc1OC.O=C(O)C(F)(F)F. The van der Waals surface area contributed by atoms with Crippen molar-refractivity contribution < 1.29 is 37.3 Å².